The fraction of sp³-hybridized carbons (Fsp3) is 0.174. The largest absolute Gasteiger partial charge is 0.457 e. The molecule has 0 aliphatic heterocycles. The maximum Gasteiger partial charge on any atom is 0.433 e. The number of aryl methyl sites for hydroxylation is 3. The number of benzene rings is 2. The monoisotopic (exact) mass is 519 g/mol. The Morgan fingerprint density at radius 3 is 2.53 bits per heavy atom. The Morgan fingerprint density at radius 1 is 1.14 bits per heavy atom. The molecule has 0 saturated heterocycles. The second-order valence-electron chi connectivity index (χ2n) is 7.98. The van der Waals surface area contributed by atoms with E-state index in [1.54, 1.807) is 13.0 Å². The second-order valence-corrected chi connectivity index (χ2v) is 8.35. The quantitative estimate of drug-likeness (QED) is 0.245. The molecule has 4 aromatic rings. The minimum absolute atomic E-state index is 0.0236. The minimum Gasteiger partial charge on any atom is -0.457 e. The van der Waals surface area contributed by atoms with Crippen LogP contribution in [0, 0.1) is 30.9 Å². The SMILES string of the molecule is Cc1ccc(C)c(Oc2cc(NC(=O)c3nn4c(C(F)(F)F)cc(C)nc4c3Cl)cc([N+](=O)[O-])c2)c1. The molecule has 0 saturated carbocycles. The lowest BCUT2D eigenvalue weighted by atomic mass is 10.1. The van der Waals surface area contributed by atoms with Crippen molar-refractivity contribution >= 4 is 34.5 Å². The molecule has 0 aliphatic rings. The zero-order valence-corrected chi connectivity index (χ0v) is 19.7. The second kappa shape index (κ2) is 9.11. The number of nitro benzene ring substituents is 1. The molecule has 2 aromatic carbocycles. The number of fused-ring (bicyclic) bond motifs is 1. The Balaban J connectivity index is 1.72. The molecule has 36 heavy (non-hydrogen) atoms. The first-order chi connectivity index (χ1) is 16.8. The molecule has 0 radical (unpaired) electrons. The van der Waals surface area contributed by atoms with E-state index in [0.29, 0.717) is 10.3 Å². The van der Waals surface area contributed by atoms with Crippen LogP contribution in [0.25, 0.3) is 5.65 Å². The third-order valence-corrected chi connectivity index (χ3v) is 5.45. The number of hydrogen-bond donors (Lipinski definition) is 1. The van der Waals surface area contributed by atoms with Crippen molar-refractivity contribution in [3.05, 3.63) is 85.8 Å². The number of ether oxygens (including phenoxy) is 1. The summed E-state index contributed by atoms with van der Waals surface area (Å²) in [6.07, 6.45) is -4.78. The molecule has 0 atom stereocenters. The zero-order valence-electron chi connectivity index (χ0n) is 19.0. The molecule has 1 N–H and O–H groups in total. The molecule has 0 aliphatic carbocycles. The third kappa shape index (κ3) is 4.93. The van der Waals surface area contributed by atoms with Crippen LogP contribution in [-0.2, 0) is 6.18 Å². The highest BCUT2D eigenvalue weighted by Gasteiger charge is 2.36. The van der Waals surface area contributed by atoms with Crippen molar-refractivity contribution in [1.82, 2.24) is 14.6 Å². The first-order valence-electron chi connectivity index (χ1n) is 10.3. The molecular weight excluding hydrogens is 503 g/mol. The van der Waals surface area contributed by atoms with E-state index in [2.05, 4.69) is 15.4 Å². The van der Waals surface area contributed by atoms with Crippen molar-refractivity contribution in [1.29, 1.82) is 0 Å². The predicted octanol–water partition coefficient (Wildman–Crippen LogP) is 6.28. The van der Waals surface area contributed by atoms with Gasteiger partial charge in [-0.3, -0.25) is 14.9 Å². The number of alkyl halides is 3. The molecule has 186 valence electrons. The van der Waals surface area contributed by atoms with E-state index in [1.807, 2.05) is 19.1 Å². The standard InChI is InChI=1S/C23H17ClF3N5O4/c1-11-4-5-12(2)17(6-11)36-16-9-14(8-15(10-16)32(34)35)29-22(33)20-19(24)21-28-13(3)7-18(23(25,26)27)31(21)30-20/h4-10H,1-3H3,(H,29,33). The van der Waals surface area contributed by atoms with E-state index in [9.17, 15) is 28.1 Å². The Morgan fingerprint density at radius 2 is 1.86 bits per heavy atom. The molecule has 9 nitrogen and oxygen atoms in total. The van der Waals surface area contributed by atoms with Crippen LogP contribution < -0.4 is 10.1 Å². The van der Waals surface area contributed by atoms with Crippen molar-refractivity contribution < 1.29 is 27.6 Å². The van der Waals surface area contributed by atoms with Crippen molar-refractivity contribution in [2.45, 2.75) is 26.9 Å². The topological polar surface area (TPSA) is 112 Å². The van der Waals surface area contributed by atoms with Crippen molar-refractivity contribution in [2.75, 3.05) is 5.32 Å². The number of nitrogens with one attached hydrogen (secondary N) is 1. The summed E-state index contributed by atoms with van der Waals surface area (Å²) in [5.41, 5.74) is -0.791. The van der Waals surface area contributed by atoms with Crippen LogP contribution >= 0.6 is 11.6 Å². The first kappa shape index (κ1) is 24.9. The zero-order chi connectivity index (χ0) is 26.4. The lowest BCUT2D eigenvalue weighted by molar-refractivity contribution is -0.384. The molecule has 13 heteroatoms. The van der Waals surface area contributed by atoms with Crippen LogP contribution in [0.5, 0.6) is 11.5 Å². The van der Waals surface area contributed by atoms with E-state index in [0.717, 1.165) is 23.3 Å². The maximum absolute atomic E-state index is 13.5. The van der Waals surface area contributed by atoms with Crippen molar-refractivity contribution in [2.24, 2.45) is 0 Å². The molecule has 0 bridgehead atoms. The number of halogens is 4. The number of nitro groups is 1. The number of non-ortho nitro benzene ring substituents is 1. The van der Waals surface area contributed by atoms with E-state index in [4.69, 9.17) is 16.3 Å². The van der Waals surface area contributed by atoms with Crippen LogP contribution in [0.3, 0.4) is 0 Å². The van der Waals surface area contributed by atoms with Gasteiger partial charge in [0.2, 0.25) is 0 Å². The minimum atomic E-state index is -4.78. The van der Waals surface area contributed by atoms with Gasteiger partial charge in [0, 0.05) is 17.8 Å². The summed E-state index contributed by atoms with van der Waals surface area (Å²) in [7, 11) is 0. The molecule has 2 aromatic heterocycles. The Labute approximate surface area is 206 Å². The summed E-state index contributed by atoms with van der Waals surface area (Å²) < 4.78 is 46.7. The van der Waals surface area contributed by atoms with Gasteiger partial charge in [-0.1, -0.05) is 23.7 Å². The van der Waals surface area contributed by atoms with Crippen LogP contribution in [0.4, 0.5) is 24.5 Å². The Kier molecular flexibility index (Phi) is 6.31. The number of nitrogens with zero attached hydrogens (tertiary/aromatic N) is 4. The van der Waals surface area contributed by atoms with E-state index in [-0.39, 0.29) is 28.5 Å². The summed E-state index contributed by atoms with van der Waals surface area (Å²) in [5, 5.41) is 17.1. The maximum atomic E-state index is 13.5. The van der Waals surface area contributed by atoms with Gasteiger partial charge in [0.05, 0.1) is 16.7 Å². The summed E-state index contributed by atoms with van der Waals surface area (Å²) in [6.45, 7) is 4.99. The lowest BCUT2D eigenvalue weighted by Crippen LogP contribution is -2.16. The van der Waals surface area contributed by atoms with Gasteiger partial charge in [-0.25, -0.2) is 9.50 Å². The fourth-order valence-electron chi connectivity index (χ4n) is 3.41. The lowest BCUT2D eigenvalue weighted by Gasteiger charge is -2.11. The van der Waals surface area contributed by atoms with Gasteiger partial charge in [0.25, 0.3) is 11.6 Å². The molecule has 1 amide bonds. The highest BCUT2D eigenvalue weighted by Crippen LogP contribution is 2.34. The average molecular weight is 520 g/mol. The highest BCUT2D eigenvalue weighted by molar-refractivity contribution is 6.37. The fourth-order valence-corrected chi connectivity index (χ4v) is 3.66. The van der Waals surface area contributed by atoms with E-state index >= 15 is 0 Å². The molecule has 0 unspecified atom stereocenters. The number of hydrogen-bond acceptors (Lipinski definition) is 6. The van der Waals surface area contributed by atoms with Crippen LogP contribution in [0.15, 0.2) is 42.5 Å². The summed E-state index contributed by atoms with van der Waals surface area (Å²) in [6, 6.07) is 9.80. The number of carbonyl (C=O) groups excluding carboxylic acids is 1. The summed E-state index contributed by atoms with van der Waals surface area (Å²) in [4.78, 5) is 27.6. The average Bonchev–Trinajstić information content (AvgIpc) is 3.11. The van der Waals surface area contributed by atoms with Crippen LogP contribution in [0.2, 0.25) is 5.02 Å². The van der Waals surface area contributed by atoms with Gasteiger partial charge in [-0.05, 0) is 44.0 Å². The van der Waals surface area contributed by atoms with Crippen LogP contribution in [-0.4, -0.2) is 25.4 Å². The smallest absolute Gasteiger partial charge is 0.433 e. The van der Waals surface area contributed by atoms with Gasteiger partial charge >= 0.3 is 6.18 Å². The van der Waals surface area contributed by atoms with E-state index in [1.165, 1.54) is 19.1 Å². The number of anilines is 1. The third-order valence-electron chi connectivity index (χ3n) is 5.10. The van der Waals surface area contributed by atoms with Gasteiger partial charge in [0.1, 0.15) is 22.2 Å². The molecule has 2 heterocycles. The van der Waals surface area contributed by atoms with Crippen molar-refractivity contribution in [3.63, 3.8) is 0 Å². The Hall–Kier alpha value is -4.19. The molecule has 0 spiro atoms. The van der Waals surface area contributed by atoms with Crippen LogP contribution in [0.1, 0.15) is 33.0 Å². The number of amides is 1. The normalized spacial score (nSPS) is 11.5. The van der Waals surface area contributed by atoms with E-state index < -0.39 is 33.4 Å². The predicted molar refractivity (Wildman–Crippen MR) is 125 cm³/mol. The summed E-state index contributed by atoms with van der Waals surface area (Å²) >= 11 is 6.16. The van der Waals surface area contributed by atoms with Crippen molar-refractivity contribution in [3.8, 4) is 11.5 Å². The number of carbonyl (C=O) groups is 1. The number of aromatic nitrogens is 3. The molecular formula is C23H17ClF3N5O4. The first-order valence-corrected chi connectivity index (χ1v) is 10.7. The summed E-state index contributed by atoms with van der Waals surface area (Å²) in [5.74, 6) is -0.474. The van der Waals surface area contributed by atoms with Gasteiger partial charge in [-0.15, -0.1) is 0 Å². The number of rotatable bonds is 5. The Bertz CT molecular complexity index is 1530. The van der Waals surface area contributed by atoms with Gasteiger partial charge in [0.15, 0.2) is 11.3 Å². The molecule has 4 rings (SSSR count). The van der Waals surface area contributed by atoms with Gasteiger partial charge in [-0.2, -0.15) is 18.3 Å². The molecule has 0 fully saturated rings. The van der Waals surface area contributed by atoms with Gasteiger partial charge < -0.3 is 10.1 Å². The highest BCUT2D eigenvalue weighted by atomic mass is 35.5.